The third-order valence-corrected chi connectivity index (χ3v) is 2.00. The molecule has 0 aliphatic carbocycles. The van der Waals surface area contributed by atoms with Gasteiger partial charge in [0.1, 0.15) is 0 Å². The average molecular weight is 351 g/mol. The van der Waals surface area contributed by atoms with E-state index < -0.39 is 0 Å². The zero-order valence-electron chi connectivity index (χ0n) is 14.2. The fourth-order valence-electron chi connectivity index (χ4n) is 0. The first-order chi connectivity index (χ1) is 7.66. The molecule has 0 nitrogen and oxygen atoms in total. The first-order valence-corrected chi connectivity index (χ1v) is 7.66. The van der Waals surface area contributed by atoms with Crippen molar-refractivity contribution in [2.75, 3.05) is 0 Å². The molecular weight excluding hydrogens is 311 g/mol. The van der Waals surface area contributed by atoms with Crippen molar-refractivity contribution >= 4 is 23.9 Å². The van der Waals surface area contributed by atoms with Crippen LogP contribution in [-0.2, 0) is 0 Å². The number of hydrogen-bond acceptors (Lipinski definition) is 0. The summed E-state index contributed by atoms with van der Waals surface area (Å²) in [6.07, 6.45) is 10.6. The Hall–Kier alpha value is 0.799. The van der Waals surface area contributed by atoms with E-state index in [1.54, 1.807) is 0 Å². The molecule has 0 aliphatic rings. The molecule has 0 aromatic rings. The minimum absolute atomic E-state index is 0. The maximum Gasteiger partial charge on any atom is 0 e. The van der Waals surface area contributed by atoms with Crippen molar-refractivity contribution in [2.24, 2.45) is 0 Å². The molecule has 4 radical (unpaired) electrons. The van der Waals surface area contributed by atoms with Crippen LogP contribution in [0.3, 0.4) is 0 Å². The Morgan fingerprint density at radius 3 is 0.353 bits per heavy atom. The second-order valence-corrected chi connectivity index (χ2v) is 4.00. The van der Waals surface area contributed by atoms with Gasteiger partial charge < -0.3 is 0 Å². The van der Waals surface area contributed by atoms with E-state index in [9.17, 15) is 0 Å². The Morgan fingerprint density at radius 2 is 0.353 bits per heavy atom. The van der Waals surface area contributed by atoms with Gasteiger partial charge in [0, 0.05) is 23.9 Å². The zero-order valence-corrected chi connectivity index (χ0v) is 17.0. The SMILES string of the molecule is CCCC.CCCC.CCCC.CCCC.[Sn]. The van der Waals surface area contributed by atoms with Crippen LogP contribution in [0.1, 0.15) is 107 Å². The maximum absolute atomic E-state index is 2.18. The fourth-order valence-corrected chi connectivity index (χ4v) is 0. The fraction of sp³-hybridized carbons (Fsp3) is 1.00. The molecule has 0 unspecified atom stereocenters. The minimum atomic E-state index is 0. The number of rotatable bonds is 4. The van der Waals surface area contributed by atoms with Gasteiger partial charge in [-0.05, 0) is 0 Å². The zero-order chi connectivity index (χ0) is 13.7. The predicted molar refractivity (Wildman–Crippen MR) is 88.1 cm³/mol. The Morgan fingerprint density at radius 1 is 0.294 bits per heavy atom. The van der Waals surface area contributed by atoms with E-state index in [2.05, 4.69) is 55.4 Å². The number of unbranched alkanes of at least 4 members (excludes halogenated alkanes) is 4. The van der Waals surface area contributed by atoms with Crippen molar-refractivity contribution in [3.8, 4) is 0 Å². The summed E-state index contributed by atoms with van der Waals surface area (Å²) in [6.45, 7) is 17.4. The van der Waals surface area contributed by atoms with Gasteiger partial charge in [0.25, 0.3) is 0 Å². The number of hydrogen-bond donors (Lipinski definition) is 0. The molecule has 0 amide bonds. The summed E-state index contributed by atoms with van der Waals surface area (Å²) in [5, 5.41) is 0. The summed E-state index contributed by atoms with van der Waals surface area (Å²) in [7, 11) is 0. The Kier molecular flexibility index (Phi) is 97.7. The molecule has 0 aromatic carbocycles. The summed E-state index contributed by atoms with van der Waals surface area (Å²) in [4.78, 5) is 0. The van der Waals surface area contributed by atoms with E-state index in [0.29, 0.717) is 0 Å². The minimum Gasteiger partial charge on any atom is -0.0654 e. The second-order valence-electron chi connectivity index (χ2n) is 4.00. The van der Waals surface area contributed by atoms with E-state index in [0.717, 1.165) is 0 Å². The van der Waals surface area contributed by atoms with Gasteiger partial charge in [0.05, 0.1) is 0 Å². The smallest absolute Gasteiger partial charge is 0 e. The Balaban J connectivity index is -0.0000000369. The summed E-state index contributed by atoms with van der Waals surface area (Å²) in [5.41, 5.74) is 0. The van der Waals surface area contributed by atoms with Crippen LogP contribution in [0, 0.1) is 0 Å². The summed E-state index contributed by atoms with van der Waals surface area (Å²) in [5.74, 6) is 0. The molecule has 0 saturated carbocycles. The molecule has 0 atom stereocenters. The Bertz CT molecular complexity index is 29.5. The third-order valence-electron chi connectivity index (χ3n) is 2.00. The van der Waals surface area contributed by atoms with E-state index in [1.807, 2.05) is 0 Å². The monoisotopic (exact) mass is 352 g/mol. The van der Waals surface area contributed by atoms with Crippen LogP contribution in [0.25, 0.3) is 0 Å². The van der Waals surface area contributed by atoms with Gasteiger partial charge >= 0.3 is 0 Å². The average Bonchev–Trinajstić information content (AvgIpc) is 2.39. The molecular formula is C16H40Sn. The van der Waals surface area contributed by atoms with Crippen molar-refractivity contribution in [3.63, 3.8) is 0 Å². The first-order valence-electron chi connectivity index (χ1n) is 7.66. The summed E-state index contributed by atoms with van der Waals surface area (Å²) in [6, 6.07) is 0. The maximum atomic E-state index is 2.18. The Labute approximate surface area is 130 Å². The van der Waals surface area contributed by atoms with Crippen LogP contribution in [0.15, 0.2) is 0 Å². The molecule has 0 saturated heterocycles. The van der Waals surface area contributed by atoms with E-state index in [1.165, 1.54) is 51.4 Å². The molecule has 0 N–H and O–H groups in total. The van der Waals surface area contributed by atoms with Gasteiger partial charge in [-0.3, -0.25) is 0 Å². The third kappa shape index (κ3) is 160. The molecule has 0 bridgehead atoms. The molecule has 0 heterocycles. The van der Waals surface area contributed by atoms with Gasteiger partial charge in [-0.2, -0.15) is 0 Å². The van der Waals surface area contributed by atoms with E-state index in [-0.39, 0.29) is 23.9 Å². The standard InChI is InChI=1S/4C4H10.Sn/c4*1-3-4-2;/h4*3-4H2,1-2H3;. The van der Waals surface area contributed by atoms with Crippen molar-refractivity contribution < 1.29 is 0 Å². The van der Waals surface area contributed by atoms with Gasteiger partial charge in [0.15, 0.2) is 0 Å². The van der Waals surface area contributed by atoms with Crippen LogP contribution in [0.2, 0.25) is 0 Å². The van der Waals surface area contributed by atoms with Gasteiger partial charge in [0.2, 0.25) is 0 Å². The quantitative estimate of drug-likeness (QED) is 0.486. The second kappa shape index (κ2) is 54.2. The van der Waals surface area contributed by atoms with Crippen molar-refractivity contribution in [1.82, 2.24) is 0 Å². The molecule has 0 spiro atoms. The first kappa shape index (κ1) is 30.7. The van der Waals surface area contributed by atoms with Crippen LogP contribution < -0.4 is 0 Å². The van der Waals surface area contributed by atoms with E-state index >= 15 is 0 Å². The van der Waals surface area contributed by atoms with Crippen molar-refractivity contribution in [2.45, 2.75) is 107 Å². The molecule has 17 heavy (non-hydrogen) atoms. The molecule has 1 heteroatoms. The van der Waals surface area contributed by atoms with E-state index in [4.69, 9.17) is 0 Å². The molecule has 0 rings (SSSR count). The summed E-state index contributed by atoms with van der Waals surface area (Å²) >= 11 is 0. The van der Waals surface area contributed by atoms with Crippen molar-refractivity contribution in [3.05, 3.63) is 0 Å². The van der Waals surface area contributed by atoms with Crippen LogP contribution in [0.4, 0.5) is 0 Å². The predicted octanol–water partition coefficient (Wildman–Crippen LogP) is 6.84. The molecule has 0 fully saturated rings. The normalized spacial score (nSPS) is 7.06. The molecule has 0 aliphatic heterocycles. The van der Waals surface area contributed by atoms with Crippen LogP contribution >= 0.6 is 0 Å². The molecule has 0 aromatic heterocycles. The van der Waals surface area contributed by atoms with Gasteiger partial charge in [-0.25, -0.2) is 0 Å². The van der Waals surface area contributed by atoms with Gasteiger partial charge in [-0.1, -0.05) is 107 Å². The molecule has 108 valence electrons. The largest absolute Gasteiger partial charge is 0.0654 e. The van der Waals surface area contributed by atoms with Gasteiger partial charge in [-0.15, -0.1) is 0 Å². The summed E-state index contributed by atoms with van der Waals surface area (Å²) < 4.78 is 0. The van der Waals surface area contributed by atoms with Crippen LogP contribution in [0.5, 0.6) is 0 Å². The van der Waals surface area contributed by atoms with Crippen LogP contribution in [-0.4, -0.2) is 23.9 Å². The van der Waals surface area contributed by atoms with Crippen molar-refractivity contribution in [1.29, 1.82) is 0 Å². The topological polar surface area (TPSA) is 0 Å².